The summed E-state index contributed by atoms with van der Waals surface area (Å²) in [5, 5.41) is 6.16. The maximum Gasteiger partial charge on any atom is 0.270 e. The van der Waals surface area contributed by atoms with Crippen LogP contribution in [-0.4, -0.2) is 21.9 Å². The highest BCUT2D eigenvalue weighted by molar-refractivity contribution is 5.93. The minimum absolute atomic E-state index is 0.119. The summed E-state index contributed by atoms with van der Waals surface area (Å²) >= 11 is 0. The van der Waals surface area contributed by atoms with Crippen molar-refractivity contribution in [3.05, 3.63) is 52.8 Å². The van der Waals surface area contributed by atoms with Gasteiger partial charge in [0, 0.05) is 18.3 Å². The predicted molar refractivity (Wildman–Crippen MR) is 85.8 cm³/mol. The number of anilines is 1. The Morgan fingerprint density at radius 2 is 2.00 bits per heavy atom. The maximum atomic E-state index is 12.1. The molecule has 0 aliphatic heterocycles. The number of carbonyl (C=O) groups excluding carboxylic acids is 1. The lowest BCUT2D eigenvalue weighted by atomic mass is 10.1. The molecule has 1 heterocycles. The molecule has 1 aromatic heterocycles. The van der Waals surface area contributed by atoms with Crippen molar-refractivity contribution in [1.82, 2.24) is 15.3 Å². The average Bonchev–Trinajstić information content (AvgIpc) is 3.30. The van der Waals surface area contributed by atoms with E-state index >= 15 is 0 Å². The summed E-state index contributed by atoms with van der Waals surface area (Å²) in [6, 6.07) is 10.2. The lowest BCUT2D eigenvalue weighted by Crippen LogP contribution is -2.26. The number of hydrogen-bond donors (Lipinski definition) is 2. The third-order valence-corrected chi connectivity index (χ3v) is 3.70. The van der Waals surface area contributed by atoms with E-state index < -0.39 is 0 Å². The molecule has 0 unspecified atom stereocenters. The molecule has 5 nitrogen and oxygen atoms in total. The molecule has 1 aromatic carbocycles. The molecule has 0 saturated heterocycles. The maximum absolute atomic E-state index is 12.1. The first-order valence-electron chi connectivity index (χ1n) is 7.57. The molecule has 0 atom stereocenters. The third-order valence-electron chi connectivity index (χ3n) is 3.70. The number of aromatic nitrogens is 2. The van der Waals surface area contributed by atoms with Gasteiger partial charge < -0.3 is 10.6 Å². The number of amides is 1. The zero-order chi connectivity index (χ0) is 15.5. The van der Waals surface area contributed by atoms with Crippen LogP contribution in [-0.2, 0) is 6.54 Å². The number of nitrogens with one attached hydrogen (secondary N) is 2. The molecule has 22 heavy (non-hydrogen) atoms. The highest BCUT2D eigenvalue weighted by atomic mass is 16.2. The van der Waals surface area contributed by atoms with Gasteiger partial charge in [-0.15, -0.1) is 0 Å². The van der Waals surface area contributed by atoms with Crippen molar-refractivity contribution in [1.29, 1.82) is 0 Å². The van der Waals surface area contributed by atoms with E-state index in [1.54, 1.807) is 6.07 Å². The second-order valence-corrected chi connectivity index (χ2v) is 5.75. The molecule has 1 fully saturated rings. The number of benzene rings is 1. The number of nitrogens with zero attached hydrogens (tertiary/aromatic N) is 2. The Labute approximate surface area is 130 Å². The molecule has 2 N–H and O–H groups in total. The van der Waals surface area contributed by atoms with E-state index in [1.165, 1.54) is 11.1 Å². The van der Waals surface area contributed by atoms with Gasteiger partial charge in [-0.3, -0.25) is 4.79 Å². The third kappa shape index (κ3) is 3.61. The van der Waals surface area contributed by atoms with Crippen LogP contribution in [0.5, 0.6) is 0 Å². The van der Waals surface area contributed by atoms with E-state index in [1.807, 2.05) is 19.1 Å². The van der Waals surface area contributed by atoms with E-state index in [9.17, 15) is 4.79 Å². The molecule has 0 bridgehead atoms. The second kappa shape index (κ2) is 6.13. The first-order chi connectivity index (χ1) is 10.6. The largest absolute Gasteiger partial charge is 0.350 e. The molecule has 3 rings (SSSR count). The fourth-order valence-corrected chi connectivity index (χ4v) is 2.23. The summed E-state index contributed by atoms with van der Waals surface area (Å²) in [4.78, 5) is 20.8. The van der Waals surface area contributed by atoms with Crippen molar-refractivity contribution in [3.63, 3.8) is 0 Å². The molecule has 1 saturated carbocycles. The van der Waals surface area contributed by atoms with E-state index in [2.05, 4.69) is 39.7 Å². The van der Waals surface area contributed by atoms with E-state index in [4.69, 9.17) is 0 Å². The molecule has 0 radical (unpaired) electrons. The average molecular weight is 296 g/mol. The summed E-state index contributed by atoms with van der Waals surface area (Å²) in [6.07, 6.45) is 2.13. The van der Waals surface area contributed by atoms with Crippen LogP contribution in [0.1, 0.15) is 40.2 Å². The zero-order valence-corrected chi connectivity index (χ0v) is 12.9. The van der Waals surface area contributed by atoms with Crippen LogP contribution in [0.4, 0.5) is 5.95 Å². The molecule has 0 spiro atoms. The topological polar surface area (TPSA) is 66.9 Å². The number of hydrogen-bond acceptors (Lipinski definition) is 4. The van der Waals surface area contributed by atoms with Crippen LogP contribution in [0, 0.1) is 13.8 Å². The summed E-state index contributed by atoms with van der Waals surface area (Å²) in [7, 11) is 0. The normalized spacial score (nSPS) is 13.7. The Kier molecular flexibility index (Phi) is 4.04. The predicted octanol–water partition coefficient (Wildman–Crippen LogP) is 2.60. The van der Waals surface area contributed by atoms with Crippen LogP contribution in [0.25, 0.3) is 0 Å². The van der Waals surface area contributed by atoms with Gasteiger partial charge in [0.1, 0.15) is 5.69 Å². The Hall–Kier alpha value is -2.43. The second-order valence-electron chi connectivity index (χ2n) is 5.75. The van der Waals surface area contributed by atoms with Crippen molar-refractivity contribution in [2.45, 2.75) is 39.3 Å². The van der Waals surface area contributed by atoms with Crippen molar-refractivity contribution in [2.75, 3.05) is 5.32 Å². The van der Waals surface area contributed by atoms with Gasteiger partial charge in [0.15, 0.2) is 0 Å². The van der Waals surface area contributed by atoms with Gasteiger partial charge in [0.05, 0.1) is 0 Å². The Morgan fingerprint density at radius 1 is 1.23 bits per heavy atom. The standard InChI is InChI=1S/C17H20N4O/c1-11-5-3-4-6-13(11)10-18-17-19-12(2)9-15(21-17)16(22)20-14-7-8-14/h3-6,9,14H,7-8,10H2,1-2H3,(H,20,22)(H,18,19,21). The molecular weight excluding hydrogens is 276 g/mol. The van der Waals surface area contributed by atoms with E-state index in [0.29, 0.717) is 24.2 Å². The van der Waals surface area contributed by atoms with Gasteiger partial charge in [-0.05, 0) is 43.9 Å². The summed E-state index contributed by atoms with van der Waals surface area (Å²) in [6.45, 7) is 4.58. The van der Waals surface area contributed by atoms with Crippen molar-refractivity contribution in [3.8, 4) is 0 Å². The first kappa shape index (κ1) is 14.5. The van der Waals surface area contributed by atoms with E-state index in [0.717, 1.165) is 18.5 Å². The lowest BCUT2D eigenvalue weighted by Gasteiger charge is -2.10. The van der Waals surface area contributed by atoms with Crippen LogP contribution in [0.2, 0.25) is 0 Å². The fourth-order valence-electron chi connectivity index (χ4n) is 2.23. The Balaban J connectivity index is 1.71. The van der Waals surface area contributed by atoms with Crippen LogP contribution < -0.4 is 10.6 Å². The lowest BCUT2D eigenvalue weighted by molar-refractivity contribution is 0.0946. The van der Waals surface area contributed by atoms with Gasteiger partial charge in [-0.2, -0.15) is 0 Å². The summed E-state index contributed by atoms with van der Waals surface area (Å²) in [5.74, 6) is 0.371. The molecule has 114 valence electrons. The Morgan fingerprint density at radius 3 is 2.73 bits per heavy atom. The molecule has 1 aliphatic rings. The van der Waals surface area contributed by atoms with Crippen molar-refractivity contribution >= 4 is 11.9 Å². The molecular formula is C17H20N4O. The Bertz CT molecular complexity index is 695. The van der Waals surface area contributed by atoms with Crippen LogP contribution >= 0.6 is 0 Å². The van der Waals surface area contributed by atoms with Gasteiger partial charge in [-0.25, -0.2) is 9.97 Å². The molecule has 1 amide bonds. The molecule has 2 aromatic rings. The van der Waals surface area contributed by atoms with Crippen LogP contribution in [0.15, 0.2) is 30.3 Å². The highest BCUT2D eigenvalue weighted by Gasteiger charge is 2.24. The fraction of sp³-hybridized carbons (Fsp3) is 0.353. The SMILES string of the molecule is Cc1cc(C(=O)NC2CC2)nc(NCc2ccccc2C)n1. The zero-order valence-electron chi connectivity index (χ0n) is 12.9. The smallest absolute Gasteiger partial charge is 0.270 e. The van der Waals surface area contributed by atoms with E-state index in [-0.39, 0.29) is 5.91 Å². The quantitative estimate of drug-likeness (QED) is 0.890. The van der Waals surface area contributed by atoms with Crippen molar-refractivity contribution < 1.29 is 4.79 Å². The summed E-state index contributed by atoms with van der Waals surface area (Å²) in [5.41, 5.74) is 3.61. The van der Waals surface area contributed by atoms with Gasteiger partial charge in [0.25, 0.3) is 5.91 Å². The van der Waals surface area contributed by atoms with Gasteiger partial charge in [-0.1, -0.05) is 24.3 Å². The summed E-state index contributed by atoms with van der Waals surface area (Å²) < 4.78 is 0. The number of rotatable bonds is 5. The van der Waals surface area contributed by atoms with Crippen molar-refractivity contribution in [2.24, 2.45) is 0 Å². The number of aryl methyl sites for hydroxylation is 2. The monoisotopic (exact) mass is 296 g/mol. The number of carbonyl (C=O) groups is 1. The first-order valence-corrected chi connectivity index (χ1v) is 7.57. The van der Waals surface area contributed by atoms with Gasteiger partial charge >= 0.3 is 0 Å². The minimum Gasteiger partial charge on any atom is -0.350 e. The van der Waals surface area contributed by atoms with Gasteiger partial charge in [0.2, 0.25) is 5.95 Å². The minimum atomic E-state index is -0.119. The molecule has 1 aliphatic carbocycles. The van der Waals surface area contributed by atoms with Crippen LogP contribution in [0.3, 0.4) is 0 Å². The molecule has 5 heteroatoms. The highest BCUT2D eigenvalue weighted by Crippen LogP contribution is 2.19.